The minimum Gasteiger partial charge on any atom is -0.497 e. The second kappa shape index (κ2) is 5.53. The van der Waals surface area contributed by atoms with Gasteiger partial charge >= 0.3 is 0 Å². The average molecular weight is 309 g/mol. The van der Waals surface area contributed by atoms with Gasteiger partial charge in [0.1, 0.15) is 17.9 Å². The Morgan fingerprint density at radius 2 is 2.04 bits per heavy atom. The van der Waals surface area contributed by atoms with E-state index in [1.54, 1.807) is 13.4 Å². The number of ether oxygens (including phenoxy) is 1. The zero-order chi connectivity index (χ0) is 15.8. The summed E-state index contributed by atoms with van der Waals surface area (Å²) in [5, 5.41) is 4.34. The van der Waals surface area contributed by atoms with Crippen LogP contribution < -0.4 is 9.64 Å². The van der Waals surface area contributed by atoms with E-state index in [0.29, 0.717) is 11.8 Å². The highest BCUT2D eigenvalue weighted by Gasteiger charge is 2.28. The molecular formula is C17H19N5O. The molecule has 1 aromatic carbocycles. The van der Waals surface area contributed by atoms with Crippen LogP contribution in [0.2, 0.25) is 0 Å². The molecule has 23 heavy (non-hydrogen) atoms. The average Bonchev–Trinajstić information content (AvgIpc) is 3.23. The van der Waals surface area contributed by atoms with Crippen molar-refractivity contribution in [2.75, 3.05) is 18.6 Å². The molecule has 0 amide bonds. The summed E-state index contributed by atoms with van der Waals surface area (Å²) in [5.74, 6) is 2.60. The van der Waals surface area contributed by atoms with E-state index in [2.05, 4.69) is 38.2 Å². The lowest BCUT2D eigenvalue weighted by Crippen LogP contribution is -2.25. The summed E-state index contributed by atoms with van der Waals surface area (Å²) in [4.78, 5) is 11.1. The van der Waals surface area contributed by atoms with Crippen LogP contribution >= 0.6 is 0 Å². The largest absolute Gasteiger partial charge is 0.497 e. The van der Waals surface area contributed by atoms with E-state index in [9.17, 15) is 0 Å². The van der Waals surface area contributed by atoms with Gasteiger partial charge in [0, 0.05) is 18.3 Å². The number of fused-ring (bicyclic) bond motifs is 1. The fraction of sp³-hybridized carbons (Fsp3) is 0.353. The van der Waals surface area contributed by atoms with Crippen molar-refractivity contribution in [3.63, 3.8) is 0 Å². The molecule has 0 spiro atoms. The molecular weight excluding hydrogens is 290 g/mol. The van der Waals surface area contributed by atoms with Gasteiger partial charge in [0.05, 0.1) is 13.2 Å². The molecule has 6 nitrogen and oxygen atoms in total. The number of hydrogen-bond donors (Lipinski definition) is 0. The molecule has 1 saturated heterocycles. The molecule has 0 radical (unpaired) electrons. The molecule has 1 atom stereocenters. The Bertz CT molecular complexity index is 827. The Balaban J connectivity index is 1.75. The number of benzene rings is 1. The van der Waals surface area contributed by atoms with E-state index in [1.807, 2.05) is 23.6 Å². The zero-order valence-electron chi connectivity index (χ0n) is 13.3. The molecule has 1 fully saturated rings. The number of rotatable bonds is 3. The molecule has 0 N–H and O–H groups in total. The minimum absolute atomic E-state index is 0.343. The van der Waals surface area contributed by atoms with Crippen molar-refractivity contribution in [3.05, 3.63) is 47.9 Å². The number of aromatic nitrogens is 4. The smallest absolute Gasteiger partial charge is 0.254 e. The fourth-order valence-electron chi connectivity index (χ4n) is 3.33. The number of methoxy groups -OCH3 is 1. The van der Waals surface area contributed by atoms with E-state index in [-0.39, 0.29) is 0 Å². The molecule has 0 unspecified atom stereocenters. The van der Waals surface area contributed by atoms with E-state index in [1.165, 1.54) is 5.56 Å². The molecule has 1 aliphatic rings. The summed E-state index contributed by atoms with van der Waals surface area (Å²) in [6.45, 7) is 3.01. The Hall–Kier alpha value is -2.63. The maximum Gasteiger partial charge on any atom is 0.254 e. The van der Waals surface area contributed by atoms with Crippen LogP contribution in [0.4, 0.5) is 5.82 Å². The molecule has 6 heteroatoms. The lowest BCUT2D eigenvalue weighted by atomic mass is 10.0. The first-order valence-electron chi connectivity index (χ1n) is 7.84. The van der Waals surface area contributed by atoms with Crippen LogP contribution in [0, 0.1) is 6.92 Å². The van der Waals surface area contributed by atoms with Crippen LogP contribution in [-0.2, 0) is 0 Å². The van der Waals surface area contributed by atoms with Crippen LogP contribution in [0.15, 0.2) is 36.7 Å². The lowest BCUT2D eigenvalue weighted by Gasteiger charge is -2.27. The van der Waals surface area contributed by atoms with Gasteiger partial charge < -0.3 is 9.64 Å². The normalized spacial score (nSPS) is 17.8. The molecule has 2 aromatic heterocycles. The molecule has 118 valence electrons. The lowest BCUT2D eigenvalue weighted by molar-refractivity contribution is 0.414. The van der Waals surface area contributed by atoms with Crippen LogP contribution in [0.1, 0.15) is 30.1 Å². The van der Waals surface area contributed by atoms with Crippen LogP contribution in [-0.4, -0.2) is 33.2 Å². The van der Waals surface area contributed by atoms with E-state index in [0.717, 1.165) is 36.6 Å². The van der Waals surface area contributed by atoms with Crippen LogP contribution in [0.3, 0.4) is 0 Å². The molecule has 1 aliphatic heterocycles. The Labute approximate surface area is 134 Å². The topological polar surface area (TPSA) is 55.5 Å². The van der Waals surface area contributed by atoms with Crippen molar-refractivity contribution >= 4 is 11.6 Å². The van der Waals surface area contributed by atoms with Gasteiger partial charge in [0.2, 0.25) is 0 Å². The summed E-state index contributed by atoms with van der Waals surface area (Å²) in [6.07, 6.45) is 3.85. The number of anilines is 1. The van der Waals surface area contributed by atoms with Gasteiger partial charge in [0.25, 0.3) is 5.78 Å². The predicted molar refractivity (Wildman–Crippen MR) is 87.8 cm³/mol. The van der Waals surface area contributed by atoms with Crippen molar-refractivity contribution in [1.82, 2.24) is 19.6 Å². The third-order valence-electron chi connectivity index (χ3n) is 4.41. The second-order valence-electron chi connectivity index (χ2n) is 5.85. The van der Waals surface area contributed by atoms with Gasteiger partial charge in [-0.15, -0.1) is 0 Å². The molecule has 3 heterocycles. The van der Waals surface area contributed by atoms with Gasteiger partial charge in [-0.25, -0.2) is 4.98 Å². The van der Waals surface area contributed by atoms with Crippen molar-refractivity contribution in [1.29, 1.82) is 0 Å². The number of hydrogen-bond acceptors (Lipinski definition) is 5. The van der Waals surface area contributed by atoms with Gasteiger partial charge in [-0.2, -0.15) is 14.6 Å². The Kier molecular flexibility index (Phi) is 3.37. The monoisotopic (exact) mass is 309 g/mol. The summed E-state index contributed by atoms with van der Waals surface area (Å²) < 4.78 is 7.09. The van der Waals surface area contributed by atoms with Gasteiger partial charge in [-0.05, 0) is 37.5 Å². The van der Waals surface area contributed by atoms with E-state index in [4.69, 9.17) is 4.74 Å². The highest BCUT2D eigenvalue weighted by atomic mass is 16.5. The van der Waals surface area contributed by atoms with Gasteiger partial charge in [0.15, 0.2) is 0 Å². The Morgan fingerprint density at radius 3 is 2.83 bits per heavy atom. The quantitative estimate of drug-likeness (QED) is 0.744. The first-order chi connectivity index (χ1) is 11.3. The van der Waals surface area contributed by atoms with Crippen LogP contribution in [0.5, 0.6) is 5.75 Å². The molecule has 0 saturated carbocycles. The molecule has 0 bridgehead atoms. The van der Waals surface area contributed by atoms with Crippen molar-refractivity contribution < 1.29 is 4.74 Å². The summed E-state index contributed by atoms with van der Waals surface area (Å²) in [7, 11) is 1.69. The summed E-state index contributed by atoms with van der Waals surface area (Å²) >= 11 is 0. The highest BCUT2D eigenvalue weighted by Crippen LogP contribution is 2.36. The summed E-state index contributed by atoms with van der Waals surface area (Å²) in [5.41, 5.74) is 2.26. The first kappa shape index (κ1) is 14.0. The third kappa shape index (κ3) is 2.40. The minimum atomic E-state index is 0.343. The van der Waals surface area contributed by atoms with E-state index < -0.39 is 0 Å². The first-order valence-corrected chi connectivity index (χ1v) is 7.84. The second-order valence-corrected chi connectivity index (χ2v) is 5.85. The van der Waals surface area contributed by atoms with Crippen molar-refractivity contribution in [2.24, 2.45) is 0 Å². The molecule has 0 aliphatic carbocycles. The SMILES string of the molecule is COc1ccc([C@H]2CCCN2c2cc(C)nc3ncnn23)cc1. The summed E-state index contributed by atoms with van der Waals surface area (Å²) in [6, 6.07) is 10.8. The maximum absolute atomic E-state index is 5.26. The van der Waals surface area contributed by atoms with E-state index >= 15 is 0 Å². The Morgan fingerprint density at radius 1 is 1.22 bits per heavy atom. The van der Waals surface area contributed by atoms with Gasteiger partial charge in [-0.1, -0.05) is 12.1 Å². The van der Waals surface area contributed by atoms with Crippen LogP contribution in [0.25, 0.3) is 5.78 Å². The van der Waals surface area contributed by atoms with Crippen molar-refractivity contribution in [3.8, 4) is 5.75 Å². The standard InChI is InChI=1S/C17H19N5O/c1-12-10-16(22-17(20-12)18-11-19-22)21-9-3-4-15(21)13-5-7-14(23-2)8-6-13/h5-8,10-11,15H,3-4,9H2,1-2H3/t15-/m1/s1. The maximum atomic E-state index is 5.26. The van der Waals surface area contributed by atoms with Gasteiger partial charge in [-0.3, -0.25) is 0 Å². The third-order valence-corrected chi connectivity index (χ3v) is 4.41. The highest BCUT2D eigenvalue weighted by molar-refractivity contribution is 5.50. The number of aryl methyl sites for hydroxylation is 1. The fourth-order valence-corrected chi connectivity index (χ4v) is 3.33. The van der Waals surface area contributed by atoms with Crippen molar-refractivity contribution in [2.45, 2.75) is 25.8 Å². The zero-order valence-corrected chi connectivity index (χ0v) is 13.3. The molecule has 3 aromatic rings. The predicted octanol–water partition coefficient (Wildman–Crippen LogP) is 2.78. The number of nitrogens with zero attached hydrogens (tertiary/aromatic N) is 5. The molecule has 4 rings (SSSR count).